The van der Waals surface area contributed by atoms with Gasteiger partial charge in [0, 0.05) is 31.9 Å². The van der Waals surface area contributed by atoms with Crippen molar-refractivity contribution in [3.63, 3.8) is 0 Å². The molecule has 6 nitrogen and oxygen atoms in total. The molecule has 1 unspecified atom stereocenters. The number of ether oxygens (including phenoxy) is 1. The summed E-state index contributed by atoms with van der Waals surface area (Å²) in [5.74, 6) is 0.775. The fourth-order valence-corrected chi connectivity index (χ4v) is 2.65. The largest absolute Gasteiger partial charge is 0.444 e. The lowest BCUT2D eigenvalue weighted by Crippen LogP contribution is -2.38. The van der Waals surface area contributed by atoms with Gasteiger partial charge >= 0.3 is 6.09 Å². The lowest BCUT2D eigenvalue weighted by Gasteiger charge is -2.30. The highest BCUT2D eigenvalue weighted by atomic mass is 16.6. The fourth-order valence-electron chi connectivity index (χ4n) is 2.65. The van der Waals surface area contributed by atoms with E-state index >= 15 is 0 Å². The van der Waals surface area contributed by atoms with Crippen molar-refractivity contribution in [2.24, 2.45) is 0 Å². The summed E-state index contributed by atoms with van der Waals surface area (Å²) in [6, 6.07) is 2.92. The Hall–Kier alpha value is -2.11. The maximum atomic E-state index is 12.3. The predicted octanol–water partition coefficient (Wildman–Crippen LogP) is 2.79. The first-order valence-corrected chi connectivity index (χ1v) is 7.94. The Morgan fingerprint density at radius 2 is 2.04 bits per heavy atom. The number of hydrogen-bond acceptors (Lipinski definition) is 5. The summed E-state index contributed by atoms with van der Waals surface area (Å²) in [5, 5.41) is 0. The Kier molecular flexibility index (Phi) is 5.23. The highest BCUT2D eigenvalue weighted by molar-refractivity contribution is 5.76. The molecular weight excluding hydrogens is 294 g/mol. The Bertz CT molecular complexity index is 562. The van der Waals surface area contributed by atoms with E-state index in [2.05, 4.69) is 9.88 Å². The molecule has 2 heterocycles. The van der Waals surface area contributed by atoms with Crippen molar-refractivity contribution >= 4 is 18.2 Å². The molecule has 1 aliphatic heterocycles. The Labute approximate surface area is 137 Å². The lowest BCUT2D eigenvalue weighted by atomic mass is 10.1. The van der Waals surface area contributed by atoms with Gasteiger partial charge in [0.1, 0.15) is 23.7 Å². The van der Waals surface area contributed by atoms with Crippen molar-refractivity contribution in [3.8, 4) is 0 Å². The molecule has 1 aromatic rings. The van der Waals surface area contributed by atoms with E-state index < -0.39 is 17.7 Å². The molecular formula is C17H25N3O3. The second-order valence-electron chi connectivity index (χ2n) is 6.78. The third kappa shape index (κ3) is 4.21. The summed E-state index contributed by atoms with van der Waals surface area (Å²) in [6.45, 7) is 7.24. The van der Waals surface area contributed by atoms with Crippen molar-refractivity contribution in [2.75, 3.05) is 25.0 Å². The third-order valence-electron chi connectivity index (χ3n) is 3.77. The van der Waals surface area contributed by atoms with E-state index in [1.165, 1.54) is 4.90 Å². The average Bonchev–Trinajstić information content (AvgIpc) is 3.00. The van der Waals surface area contributed by atoms with E-state index in [9.17, 15) is 9.59 Å². The number of pyridine rings is 1. The van der Waals surface area contributed by atoms with Crippen LogP contribution in [0.2, 0.25) is 0 Å². The van der Waals surface area contributed by atoms with E-state index in [-0.39, 0.29) is 0 Å². The van der Waals surface area contributed by atoms with Gasteiger partial charge in [0.15, 0.2) is 0 Å². The molecule has 0 radical (unpaired) electrons. The third-order valence-corrected chi connectivity index (χ3v) is 3.77. The monoisotopic (exact) mass is 319 g/mol. The quantitative estimate of drug-likeness (QED) is 0.799. The number of anilines is 1. The minimum Gasteiger partial charge on any atom is -0.444 e. The van der Waals surface area contributed by atoms with E-state index in [0.717, 1.165) is 43.6 Å². The van der Waals surface area contributed by atoms with Crippen LogP contribution in [0.3, 0.4) is 0 Å². The van der Waals surface area contributed by atoms with Crippen LogP contribution in [0.4, 0.5) is 10.6 Å². The van der Waals surface area contributed by atoms with Crippen molar-refractivity contribution in [1.29, 1.82) is 0 Å². The van der Waals surface area contributed by atoms with Crippen LogP contribution in [0, 0.1) is 0 Å². The summed E-state index contributed by atoms with van der Waals surface area (Å²) in [4.78, 5) is 31.9. The lowest BCUT2D eigenvalue weighted by molar-refractivity contribution is -0.112. The molecule has 1 saturated heterocycles. The van der Waals surface area contributed by atoms with Crippen molar-refractivity contribution < 1.29 is 14.3 Å². The molecule has 6 heteroatoms. The van der Waals surface area contributed by atoms with Crippen LogP contribution in [0.5, 0.6) is 0 Å². The second-order valence-corrected chi connectivity index (χ2v) is 6.78. The highest BCUT2D eigenvalue weighted by Crippen LogP contribution is 2.29. The summed E-state index contributed by atoms with van der Waals surface area (Å²) < 4.78 is 5.36. The fraction of sp³-hybridized carbons (Fsp3) is 0.588. The molecule has 1 fully saturated rings. The number of hydrogen-bond donors (Lipinski definition) is 0. The molecule has 0 saturated carbocycles. The number of carbonyl (C=O) groups is 2. The minimum atomic E-state index is -0.714. The number of carbonyl (C=O) groups excluding carboxylic acids is 2. The number of nitrogens with zero attached hydrogens (tertiary/aromatic N) is 3. The Morgan fingerprint density at radius 3 is 2.61 bits per heavy atom. The number of aldehydes is 1. The van der Waals surface area contributed by atoms with Crippen molar-refractivity contribution in [2.45, 2.75) is 45.3 Å². The van der Waals surface area contributed by atoms with Crippen LogP contribution in [0.25, 0.3) is 0 Å². The molecule has 1 atom stereocenters. The summed E-state index contributed by atoms with van der Waals surface area (Å²) in [7, 11) is 1.58. The first-order valence-electron chi connectivity index (χ1n) is 7.94. The van der Waals surface area contributed by atoms with E-state index in [1.807, 2.05) is 6.07 Å². The van der Waals surface area contributed by atoms with Crippen molar-refractivity contribution in [3.05, 3.63) is 23.9 Å². The van der Waals surface area contributed by atoms with Crippen LogP contribution in [-0.2, 0) is 9.53 Å². The SMILES string of the molecule is CN(C(=O)OC(C)(C)C)C(C=O)c1cccnc1N1CCCC1. The van der Waals surface area contributed by atoms with E-state index in [4.69, 9.17) is 4.74 Å². The van der Waals surface area contributed by atoms with Gasteiger partial charge in [0.25, 0.3) is 0 Å². The second kappa shape index (κ2) is 6.98. The molecule has 0 bridgehead atoms. The molecule has 0 spiro atoms. The zero-order valence-electron chi connectivity index (χ0n) is 14.3. The highest BCUT2D eigenvalue weighted by Gasteiger charge is 2.29. The van der Waals surface area contributed by atoms with Crippen LogP contribution in [-0.4, -0.2) is 48.0 Å². The standard InChI is InChI=1S/C17H25N3O3/c1-17(2,3)23-16(22)19(4)14(12-21)13-8-7-9-18-15(13)20-10-5-6-11-20/h7-9,12,14H,5-6,10-11H2,1-4H3. The molecule has 23 heavy (non-hydrogen) atoms. The Morgan fingerprint density at radius 1 is 1.39 bits per heavy atom. The van der Waals surface area contributed by atoms with E-state index in [0.29, 0.717) is 0 Å². The molecule has 126 valence electrons. The zero-order valence-corrected chi connectivity index (χ0v) is 14.3. The van der Waals surface area contributed by atoms with Gasteiger partial charge in [0.05, 0.1) is 0 Å². The van der Waals surface area contributed by atoms with Gasteiger partial charge in [-0.15, -0.1) is 0 Å². The molecule has 1 aromatic heterocycles. The van der Waals surface area contributed by atoms with Gasteiger partial charge in [-0.25, -0.2) is 9.78 Å². The maximum Gasteiger partial charge on any atom is 0.410 e. The molecule has 0 aliphatic carbocycles. The van der Waals surface area contributed by atoms with Crippen molar-refractivity contribution in [1.82, 2.24) is 9.88 Å². The average molecular weight is 319 g/mol. The summed E-state index contributed by atoms with van der Waals surface area (Å²) >= 11 is 0. The summed E-state index contributed by atoms with van der Waals surface area (Å²) in [6.07, 6.45) is 4.19. The van der Waals surface area contributed by atoms with Crippen LogP contribution in [0.1, 0.15) is 45.2 Å². The zero-order chi connectivity index (χ0) is 17.0. The molecule has 1 amide bonds. The predicted molar refractivity (Wildman–Crippen MR) is 88.5 cm³/mol. The topological polar surface area (TPSA) is 62.7 Å². The van der Waals surface area contributed by atoms with E-state index in [1.54, 1.807) is 40.1 Å². The molecule has 0 aromatic carbocycles. The maximum absolute atomic E-state index is 12.3. The van der Waals surface area contributed by atoms with Gasteiger partial charge in [0.2, 0.25) is 0 Å². The number of likely N-dealkylation sites (N-methyl/N-ethyl adjacent to an activating group) is 1. The van der Waals surface area contributed by atoms with Gasteiger partial charge in [-0.1, -0.05) is 6.07 Å². The Balaban J connectivity index is 2.27. The van der Waals surface area contributed by atoms with Crippen LogP contribution < -0.4 is 4.90 Å². The van der Waals surface area contributed by atoms with Gasteiger partial charge in [-0.3, -0.25) is 4.90 Å². The van der Waals surface area contributed by atoms with Gasteiger partial charge in [-0.05, 0) is 39.7 Å². The molecule has 0 N–H and O–H groups in total. The number of amides is 1. The molecule has 1 aliphatic rings. The van der Waals surface area contributed by atoms with Crippen LogP contribution in [0.15, 0.2) is 18.3 Å². The number of aromatic nitrogens is 1. The number of rotatable bonds is 4. The normalized spacial score (nSPS) is 16.1. The van der Waals surface area contributed by atoms with Crippen LogP contribution >= 0.6 is 0 Å². The van der Waals surface area contributed by atoms with Gasteiger partial charge in [-0.2, -0.15) is 0 Å². The van der Waals surface area contributed by atoms with Gasteiger partial charge < -0.3 is 14.4 Å². The minimum absolute atomic E-state index is 0.522. The smallest absolute Gasteiger partial charge is 0.410 e. The first-order chi connectivity index (χ1) is 10.8. The first kappa shape index (κ1) is 17.2. The molecule has 2 rings (SSSR count). The summed E-state index contributed by atoms with van der Waals surface area (Å²) in [5.41, 5.74) is 0.128.